The van der Waals surface area contributed by atoms with E-state index in [-0.39, 0.29) is 0 Å². The average Bonchev–Trinajstić information content (AvgIpc) is 2.29. The van der Waals surface area contributed by atoms with E-state index in [1.54, 1.807) is 6.92 Å². The van der Waals surface area contributed by atoms with Gasteiger partial charge < -0.3 is 15.6 Å². The highest BCUT2D eigenvalue weighted by Crippen LogP contribution is 2.37. The standard InChI is InChI=1S/C13H25NO3/c1-2-17-12(16)11(15)13(10-14)8-6-4-3-5-7-9-13/h11,15H,2-10,14H2,1H3. The third-order valence-electron chi connectivity index (χ3n) is 3.85. The van der Waals surface area contributed by atoms with Crippen molar-refractivity contribution in [1.29, 1.82) is 0 Å². The zero-order chi connectivity index (χ0) is 12.7. The van der Waals surface area contributed by atoms with Crippen molar-refractivity contribution in [3.8, 4) is 0 Å². The monoisotopic (exact) mass is 243 g/mol. The maximum Gasteiger partial charge on any atom is 0.335 e. The van der Waals surface area contributed by atoms with Crippen LogP contribution in [0.25, 0.3) is 0 Å². The molecule has 0 saturated heterocycles. The van der Waals surface area contributed by atoms with Crippen LogP contribution in [-0.4, -0.2) is 30.3 Å². The minimum atomic E-state index is -1.06. The van der Waals surface area contributed by atoms with Crippen molar-refractivity contribution in [2.75, 3.05) is 13.2 Å². The van der Waals surface area contributed by atoms with Crippen LogP contribution in [0.2, 0.25) is 0 Å². The van der Waals surface area contributed by atoms with Gasteiger partial charge in [-0.2, -0.15) is 0 Å². The smallest absolute Gasteiger partial charge is 0.335 e. The molecule has 0 bridgehead atoms. The summed E-state index contributed by atoms with van der Waals surface area (Å²) >= 11 is 0. The zero-order valence-electron chi connectivity index (χ0n) is 10.8. The molecule has 1 aliphatic carbocycles. The third-order valence-corrected chi connectivity index (χ3v) is 3.85. The molecule has 0 radical (unpaired) electrons. The lowest BCUT2D eigenvalue weighted by Crippen LogP contribution is -2.47. The Balaban J connectivity index is 2.72. The Labute approximate surface area is 104 Å². The number of carbonyl (C=O) groups excluding carboxylic acids is 1. The molecule has 1 atom stereocenters. The minimum absolute atomic E-state index is 0.302. The third kappa shape index (κ3) is 3.68. The molecule has 1 fully saturated rings. The number of hydrogen-bond acceptors (Lipinski definition) is 4. The van der Waals surface area contributed by atoms with Crippen molar-refractivity contribution in [3.05, 3.63) is 0 Å². The van der Waals surface area contributed by atoms with Crippen LogP contribution < -0.4 is 5.73 Å². The molecule has 0 heterocycles. The van der Waals surface area contributed by atoms with Gasteiger partial charge in [0.15, 0.2) is 6.10 Å². The molecule has 0 aromatic heterocycles. The molecule has 0 aromatic rings. The van der Waals surface area contributed by atoms with E-state index < -0.39 is 17.5 Å². The number of aliphatic hydroxyl groups excluding tert-OH is 1. The summed E-state index contributed by atoms with van der Waals surface area (Å²) in [5, 5.41) is 10.2. The number of nitrogens with two attached hydrogens (primary N) is 1. The van der Waals surface area contributed by atoms with Gasteiger partial charge in [-0.1, -0.05) is 32.1 Å². The molecule has 0 aromatic carbocycles. The molecule has 0 amide bonds. The molecule has 0 aliphatic heterocycles. The summed E-state index contributed by atoms with van der Waals surface area (Å²) < 4.78 is 4.91. The average molecular weight is 243 g/mol. The molecular weight excluding hydrogens is 218 g/mol. The lowest BCUT2D eigenvalue weighted by Gasteiger charge is -2.37. The lowest BCUT2D eigenvalue weighted by atomic mass is 9.72. The van der Waals surface area contributed by atoms with Crippen molar-refractivity contribution < 1.29 is 14.6 Å². The topological polar surface area (TPSA) is 72.5 Å². The number of carbonyl (C=O) groups is 1. The Bertz CT molecular complexity index is 235. The zero-order valence-corrected chi connectivity index (χ0v) is 10.8. The number of rotatable bonds is 4. The Morgan fingerprint density at radius 1 is 1.29 bits per heavy atom. The van der Waals surface area contributed by atoms with Gasteiger partial charge in [0, 0.05) is 12.0 Å². The van der Waals surface area contributed by atoms with Gasteiger partial charge >= 0.3 is 5.97 Å². The summed E-state index contributed by atoms with van der Waals surface area (Å²) in [4.78, 5) is 11.7. The van der Waals surface area contributed by atoms with Crippen LogP contribution >= 0.6 is 0 Å². The van der Waals surface area contributed by atoms with Crippen LogP contribution in [0.5, 0.6) is 0 Å². The van der Waals surface area contributed by atoms with Crippen molar-refractivity contribution in [3.63, 3.8) is 0 Å². The number of aliphatic hydroxyl groups is 1. The second kappa shape index (κ2) is 6.97. The second-order valence-corrected chi connectivity index (χ2v) is 4.99. The molecule has 4 heteroatoms. The molecule has 0 spiro atoms. The first-order valence-electron chi connectivity index (χ1n) is 6.71. The van der Waals surface area contributed by atoms with Crippen molar-refractivity contribution >= 4 is 5.97 Å². The van der Waals surface area contributed by atoms with Gasteiger partial charge in [0.25, 0.3) is 0 Å². The van der Waals surface area contributed by atoms with Crippen LogP contribution in [0.3, 0.4) is 0 Å². The van der Waals surface area contributed by atoms with Crippen LogP contribution in [0.1, 0.15) is 51.9 Å². The van der Waals surface area contributed by atoms with E-state index in [1.807, 2.05) is 0 Å². The van der Waals surface area contributed by atoms with Crippen molar-refractivity contribution in [2.45, 2.75) is 58.0 Å². The van der Waals surface area contributed by atoms with Crippen LogP contribution in [0, 0.1) is 5.41 Å². The fraction of sp³-hybridized carbons (Fsp3) is 0.923. The summed E-state index contributed by atoms with van der Waals surface area (Å²) in [6.45, 7) is 2.40. The number of esters is 1. The quantitative estimate of drug-likeness (QED) is 0.736. The van der Waals surface area contributed by atoms with E-state index in [0.717, 1.165) is 38.5 Å². The van der Waals surface area contributed by atoms with Gasteiger partial charge in [0.05, 0.1) is 6.61 Å². The maximum absolute atomic E-state index is 11.7. The first-order chi connectivity index (χ1) is 8.16. The van der Waals surface area contributed by atoms with Crippen molar-refractivity contribution in [2.24, 2.45) is 11.1 Å². The van der Waals surface area contributed by atoms with Gasteiger partial charge in [0.2, 0.25) is 0 Å². The largest absolute Gasteiger partial charge is 0.464 e. The summed E-state index contributed by atoms with van der Waals surface area (Å²) in [7, 11) is 0. The van der Waals surface area contributed by atoms with E-state index in [0.29, 0.717) is 13.2 Å². The minimum Gasteiger partial charge on any atom is -0.464 e. The molecule has 1 saturated carbocycles. The molecule has 4 nitrogen and oxygen atoms in total. The summed E-state index contributed by atoms with van der Waals surface area (Å²) in [5.41, 5.74) is 5.36. The van der Waals surface area contributed by atoms with E-state index in [1.165, 1.54) is 6.42 Å². The van der Waals surface area contributed by atoms with Gasteiger partial charge in [-0.3, -0.25) is 0 Å². The van der Waals surface area contributed by atoms with E-state index in [4.69, 9.17) is 10.5 Å². The van der Waals surface area contributed by atoms with Gasteiger partial charge in [-0.25, -0.2) is 4.79 Å². The van der Waals surface area contributed by atoms with Gasteiger partial charge in [-0.05, 0) is 19.8 Å². The molecule has 1 rings (SSSR count). The lowest BCUT2D eigenvalue weighted by molar-refractivity contribution is -0.161. The molecule has 17 heavy (non-hydrogen) atoms. The Morgan fingerprint density at radius 2 is 1.82 bits per heavy atom. The molecular formula is C13H25NO3. The highest BCUT2D eigenvalue weighted by Gasteiger charge is 2.41. The highest BCUT2D eigenvalue weighted by molar-refractivity contribution is 5.75. The highest BCUT2D eigenvalue weighted by atomic mass is 16.5. The summed E-state index contributed by atoms with van der Waals surface area (Å²) in [6, 6.07) is 0. The van der Waals surface area contributed by atoms with Crippen LogP contribution in [0.15, 0.2) is 0 Å². The predicted molar refractivity (Wildman–Crippen MR) is 66.4 cm³/mol. The maximum atomic E-state index is 11.7. The second-order valence-electron chi connectivity index (χ2n) is 4.99. The Kier molecular flexibility index (Phi) is 5.92. The Hall–Kier alpha value is -0.610. The molecule has 1 unspecified atom stereocenters. The number of hydrogen-bond donors (Lipinski definition) is 2. The summed E-state index contributed by atoms with van der Waals surface area (Å²) in [5.74, 6) is -0.515. The summed E-state index contributed by atoms with van der Waals surface area (Å²) in [6.07, 6.45) is 6.23. The molecule has 1 aliphatic rings. The first-order valence-corrected chi connectivity index (χ1v) is 6.71. The van der Waals surface area contributed by atoms with E-state index in [9.17, 15) is 9.90 Å². The van der Waals surface area contributed by atoms with E-state index in [2.05, 4.69) is 0 Å². The fourth-order valence-electron chi connectivity index (χ4n) is 2.67. The first kappa shape index (κ1) is 14.5. The van der Waals surface area contributed by atoms with E-state index >= 15 is 0 Å². The number of ether oxygens (including phenoxy) is 1. The SMILES string of the molecule is CCOC(=O)C(O)C1(CN)CCCCCCC1. The normalized spacial score (nSPS) is 22.3. The predicted octanol–water partition coefficient (Wildman–Crippen LogP) is 1.60. The molecule has 3 N–H and O–H groups in total. The fourth-order valence-corrected chi connectivity index (χ4v) is 2.67. The van der Waals surface area contributed by atoms with Gasteiger partial charge in [0.1, 0.15) is 0 Å². The molecule has 100 valence electrons. The van der Waals surface area contributed by atoms with Gasteiger partial charge in [-0.15, -0.1) is 0 Å². The van der Waals surface area contributed by atoms with Crippen molar-refractivity contribution in [1.82, 2.24) is 0 Å². The van der Waals surface area contributed by atoms with Crippen LogP contribution in [-0.2, 0) is 9.53 Å². The van der Waals surface area contributed by atoms with Crippen LogP contribution in [0.4, 0.5) is 0 Å². The Morgan fingerprint density at radius 3 is 2.29 bits per heavy atom.